The molecular weight excluding hydrogens is 266 g/mol. The highest BCUT2D eigenvalue weighted by Gasteiger charge is 2.12. The summed E-state index contributed by atoms with van der Waals surface area (Å²) in [6.45, 7) is 6.61. The summed E-state index contributed by atoms with van der Waals surface area (Å²) < 4.78 is 0. The second kappa shape index (κ2) is 6.23. The zero-order valence-electron chi connectivity index (χ0n) is 13.5. The topological polar surface area (TPSA) is 12.0 Å². The van der Waals surface area contributed by atoms with Crippen molar-refractivity contribution in [3.05, 3.63) is 89.1 Å². The summed E-state index contributed by atoms with van der Waals surface area (Å²) in [5.41, 5.74) is 6.54. The van der Waals surface area contributed by atoms with Crippen molar-refractivity contribution in [3.8, 4) is 0 Å². The molecule has 1 N–H and O–H groups in total. The average Bonchev–Trinajstić information content (AvgIpc) is 2.56. The van der Waals surface area contributed by atoms with Crippen molar-refractivity contribution in [2.45, 2.75) is 32.7 Å². The van der Waals surface area contributed by atoms with Crippen molar-refractivity contribution in [1.82, 2.24) is 5.32 Å². The van der Waals surface area contributed by atoms with Gasteiger partial charge in [0.1, 0.15) is 0 Å². The van der Waals surface area contributed by atoms with E-state index in [1.54, 1.807) is 0 Å². The van der Waals surface area contributed by atoms with Crippen molar-refractivity contribution in [2.75, 3.05) is 0 Å². The largest absolute Gasteiger partial charge is 0.380 e. The van der Waals surface area contributed by atoms with Crippen LogP contribution in [0.3, 0.4) is 0 Å². The van der Waals surface area contributed by atoms with E-state index in [0.29, 0.717) is 5.92 Å². The van der Waals surface area contributed by atoms with Crippen LogP contribution < -0.4 is 5.32 Å². The Labute approximate surface area is 133 Å². The Hall–Kier alpha value is -2.28. The Balaban J connectivity index is 1.77. The third kappa shape index (κ3) is 2.99. The lowest BCUT2D eigenvalue weighted by Crippen LogP contribution is -2.17. The first-order valence-corrected chi connectivity index (χ1v) is 7.95. The number of rotatable bonds is 3. The van der Waals surface area contributed by atoms with Gasteiger partial charge in [0.15, 0.2) is 0 Å². The fourth-order valence-electron chi connectivity index (χ4n) is 2.85. The molecule has 0 amide bonds. The van der Waals surface area contributed by atoms with E-state index >= 15 is 0 Å². The van der Waals surface area contributed by atoms with Gasteiger partial charge in [-0.2, -0.15) is 0 Å². The molecule has 1 atom stereocenters. The molecule has 0 saturated heterocycles. The molecule has 0 aliphatic carbocycles. The van der Waals surface area contributed by atoms with Crippen LogP contribution in [0.1, 0.15) is 48.1 Å². The molecule has 0 fully saturated rings. The molecule has 1 nitrogen and oxygen atoms in total. The zero-order valence-corrected chi connectivity index (χ0v) is 13.5. The molecule has 3 rings (SSSR count). The van der Waals surface area contributed by atoms with Gasteiger partial charge < -0.3 is 5.32 Å². The van der Waals surface area contributed by atoms with E-state index in [4.69, 9.17) is 0 Å². The van der Waals surface area contributed by atoms with Gasteiger partial charge in [0.05, 0.1) is 6.04 Å². The number of dihydropyridines is 1. The Morgan fingerprint density at radius 1 is 0.955 bits per heavy atom. The molecule has 0 bridgehead atoms. The van der Waals surface area contributed by atoms with Gasteiger partial charge in [-0.25, -0.2) is 0 Å². The molecule has 22 heavy (non-hydrogen) atoms. The predicted octanol–water partition coefficient (Wildman–Crippen LogP) is 5.36. The number of nitrogens with one attached hydrogen (secondary N) is 1. The van der Waals surface area contributed by atoms with Crippen LogP contribution in [-0.2, 0) is 0 Å². The van der Waals surface area contributed by atoms with Gasteiger partial charge in [-0.3, -0.25) is 0 Å². The Bertz CT molecular complexity index is 705. The van der Waals surface area contributed by atoms with Gasteiger partial charge >= 0.3 is 0 Å². The standard InChI is InChI=1S/C21H23N/c1-15(2)17-8-10-18(11-9-17)19-12-13-21(22-14-19)20-7-5-4-6-16(20)3/h4-15,21-22H,1-3H3. The van der Waals surface area contributed by atoms with Crippen LogP contribution >= 0.6 is 0 Å². The minimum absolute atomic E-state index is 0.264. The monoisotopic (exact) mass is 289 g/mol. The highest BCUT2D eigenvalue weighted by atomic mass is 14.9. The van der Waals surface area contributed by atoms with Crippen LogP contribution in [0.4, 0.5) is 0 Å². The minimum atomic E-state index is 0.264. The maximum atomic E-state index is 3.51. The lowest BCUT2D eigenvalue weighted by molar-refractivity contribution is 0.744. The van der Waals surface area contributed by atoms with E-state index in [2.05, 4.69) is 93.0 Å². The molecule has 2 aromatic rings. The maximum Gasteiger partial charge on any atom is 0.0698 e. The van der Waals surface area contributed by atoms with Gasteiger partial charge in [-0.1, -0.05) is 74.5 Å². The summed E-state index contributed by atoms with van der Waals surface area (Å²) in [6.07, 6.45) is 6.59. The number of hydrogen-bond donors (Lipinski definition) is 1. The molecule has 0 aromatic heterocycles. The lowest BCUT2D eigenvalue weighted by atomic mass is 9.95. The molecule has 1 aliphatic heterocycles. The van der Waals surface area contributed by atoms with Crippen molar-refractivity contribution in [2.24, 2.45) is 0 Å². The Morgan fingerprint density at radius 3 is 2.27 bits per heavy atom. The van der Waals surface area contributed by atoms with Gasteiger partial charge in [0, 0.05) is 6.20 Å². The van der Waals surface area contributed by atoms with E-state index in [0.717, 1.165) is 0 Å². The van der Waals surface area contributed by atoms with Gasteiger partial charge in [0.2, 0.25) is 0 Å². The maximum absolute atomic E-state index is 3.51. The molecule has 1 heteroatoms. The molecule has 1 aliphatic rings. The van der Waals surface area contributed by atoms with Crippen LogP contribution in [-0.4, -0.2) is 0 Å². The van der Waals surface area contributed by atoms with Crippen LogP contribution in [0.5, 0.6) is 0 Å². The van der Waals surface area contributed by atoms with E-state index in [9.17, 15) is 0 Å². The van der Waals surface area contributed by atoms with E-state index in [1.807, 2.05) is 0 Å². The molecule has 112 valence electrons. The van der Waals surface area contributed by atoms with Crippen LogP contribution in [0.15, 0.2) is 66.9 Å². The molecule has 1 heterocycles. The van der Waals surface area contributed by atoms with Gasteiger partial charge in [-0.05, 0) is 40.7 Å². The normalized spacial score (nSPS) is 17.3. The lowest BCUT2D eigenvalue weighted by Gasteiger charge is -2.21. The Kier molecular flexibility index (Phi) is 4.15. The van der Waals surface area contributed by atoms with Gasteiger partial charge in [-0.15, -0.1) is 0 Å². The number of aryl methyl sites for hydroxylation is 1. The van der Waals surface area contributed by atoms with E-state index in [1.165, 1.54) is 27.8 Å². The predicted molar refractivity (Wildman–Crippen MR) is 94.7 cm³/mol. The van der Waals surface area contributed by atoms with Crippen LogP contribution in [0.25, 0.3) is 5.57 Å². The summed E-state index contributed by atoms with van der Waals surface area (Å²) in [7, 11) is 0. The molecular formula is C21H23N. The first kappa shape index (κ1) is 14.6. The Morgan fingerprint density at radius 2 is 1.68 bits per heavy atom. The molecule has 0 spiro atoms. The minimum Gasteiger partial charge on any atom is -0.380 e. The van der Waals surface area contributed by atoms with Crippen molar-refractivity contribution in [3.63, 3.8) is 0 Å². The SMILES string of the molecule is Cc1ccccc1C1C=CC(c2ccc(C(C)C)cc2)=CN1. The molecule has 0 saturated carbocycles. The summed E-state index contributed by atoms with van der Waals surface area (Å²) in [5, 5.41) is 3.51. The van der Waals surface area contributed by atoms with E-state index < -0.39 is 0 Å². The smallest absolute Gasteiger partial charge is 0.0698 e. The molecule has 2 aromatic carbocycles. The van der Waals surface area contributed by atoms with Gasteiger partial charge in [0.25, 0.3) is 0 Å². The zero-order chi connectivity index (χ0) is 15.5. The van der Waals surface area contributed by atoms with E-state index in [-0.39, 0.29) is 6.04 Å². The third-order valence-electron chi connectivity index (χ3n) is 4.32. The second-order valence-electron chi connectivity index (χ2n) is 6.24. The summed E-state index contributed by atoms with van der Waals surface area (Å²) in [4.78, 5) is 0. The highest BCUT2D eigenvalue weighted by Crippen LogP contribution is 2.26. The highest BCUT2D eigenvalue weighted by molar-refractivity contribution is 5.75. The third-order valence-corrected chi connectivity index (χ3v) is 4.32. The van der Waals surface area contributed by atoms with Crippen LogP contribution in [0.2, 0.25) is 0 Å². The average molecular weight is 289 g/mol. The second-order valence-corrected chi connectivity index (χ2v) is 6.24. The first-order valence-electron chi connectivity index (χ1n) is 7.95. The number of hydrogen-bond acceptors (Lipinski definition) is 1. The summed E-state index contributed by atoms with van der Waals surface area (Å²) in [5.74, 6) is 0.577. The number of benzene rings is 2. The van der Waals surface area contributed by atoms with Crippen molar-refractivity contribution < 1.29 is 0 Å². The summed E-state index contributed by atoms with van der Waals surface area (Å²) in [6, 6.07) is 17.7. The van der Waals surface area contributed by atoms with Crippen molar-refractivity contribution in [1.29, 1.82) is 0 Å². The molecule has 1 unspecified atom stereocenters. The van der Waals surface area contributed by atoms with Crippen molar-refractivity contribution >= 4 is 5.57 Å². The first-order chi connectivity index (χ1) is 10.6. The summed E-state index contributed by atoms with van der Waals surface area (Å²) >= 11 is 0. The fourth-order valence-corrected chi connectivity index (χ4v) is 2.85. The quantitative estimate of drug-likeness (QED) is 0.802. The van der Waals surface area contributed by atoms with Crippen LogP contribution in [0, 0.1) is 6.92 Å². The number of allylic oxidation sites excluding steroid dienone is 2. The fraction of sp³-hybridized carbons (Fsp3) is 0.238. The molecule has 0 radical (unpaired) electrons.